The van der Waals surface area contributed by atoms with Gasteiger partial charge in [0.2, 0.25) is 0 Å². The van der Waals surface area contributed by atoms with Gasteiger partial charge in [0.15, 0.2) is 23.2 Å². The Morgan fingerprint density at radius 2 is 2.00 bits per heavy atom. The average molecular weight is 431 g/mol. The first-order chi connectivity index (χ1) is 15.7. The number of hydrazone groups is 1. The van der Waals surface area contributed by atoms with Gasteiger partial charge in [0.05, 0.1) is 30.9 Å². The third kappa shape index (κ3) is 3.94. The van der Waals surface area contributed by atoms with E-state index in [1.54, 1.807) is 17.0 Å². The van der Waals surface area contributed by atoms with Crippen LogP contribution in [0.15, 0.2) is 66.4 Å². The molecule has 4 aromatic rings. The van der Waals surface area contributed by atoms with Crippen molar-refractivity contribution in [2.45, 2.75) is 24.9 Å². The summed E-state index contributed by atoms with van der Waals surface area (Å²) in [5, 5.41) is 23.9. The molecule has 0 aliphatic carbocycles. The molecular formula is C22H21N7O3. The molecule has 3 atom stereocenters. The van der Waals surface area contributed by atoms with E-state index >= 15 is 0 Å². The molecule has 4 heterocycles. The summed E-state index contributed by atoms with van der Waals surface area (Å²) in [4.78, 5) is 17.2. The number of ether oxygens (including phenoxy) is 1. The number of aliphatic hydroxyl groups excluding tert-OH is 2. The lowest BCUT2D eigenvalue weighted by Crippen LogP contribution is -2.19. The van der Waals surface area contributed by atoms with Gasteiger partial charge < -0.3 is 14.9 Å². The molecular weight excluding hydrogens is 410 g/mol. The molecule has 10 heteroatoms. The minimum atomic E-state index is -0.761. The number of pyridine rings is 1. The lowest BCUT2D eigenvalue weighted by molar-refractivity contribution is -0.0486. The highest BCUT2D eigenvalue weighted by Crippen LogP contribution is 2.31. The van der Waals surface area contributed by atoms with Crippen LogP contribution in [0.1, 0.15) is 18.2 Å². The molecule has 1 fully saturated rings. The zero-order valence-electron chi connectivity index (χ0n) is 17.0. The smallest absolute Gasteiger partial charge is 0.177 e. The second-order valence-electron chi connectivity index (χ2n) is 7.39. The predicted molar refractivity (Wildman–Crippen MR) is 118 cm³/mol. The predicted octanol–water partition coefficient (Wildman–Crippen LogP) is 1.97. The van der Waals surface area contributed by atoms with Crippen molar-refractivity contribution in [1.29, 1.82) is 0 Å². The first-order valence-corrected chi connectivity index (χ1v) is 10.2. The summed E-state index contributed by atoms with van der Waals surface area (Å²) in [7, 11) is 0. The van der Waals surface area contributed by atoms with Gasteiger partial charge in [-0.25, -0.2) is 15.0 Å². The molecule has 0 spiro atoms. The van der Waals surface area contributed by atoms with E-state index in [0.717, 1.165) is 16.8 Å². The van der Waals surface area contributed by atoms with Crippen molar-refractivity contribution >= 4 is 23.2 Å². The van der Waals surface area contributed by atoms with Crippen molar-refractivity contribution in [1.82, 2.24) is 24.5 Å². The van der Waals surface area contributed by atoms with Crippen molar-refractivity contribution in [3.05, 3.63) is 66.9 Å². The van der Waals surface area contributed by atoms with Crippen molar-refractivity contribution in [2.24, 2.45) is 5.10 Å². The Bertz CT molecular complexity index is 1230. The Hall–Kier alpha value is -3.73. The summed E-state index contributed by atoms with van der Waals surface area (Å²) in [5.41, 5.74) is 6.75. The third-order valence-electron chi connectivity index (χ3n) is 5.26. The fraction of sp³-hybridized carbons (Fsp3) is 0.227. The standard InChI is InChI=1S/C22H21N7O3/c30-11-16-9-18(31)22(32-16)29-13-26-19-20(24-12-25-21(19)29)28-27-10-14-4-6-15(7-5-14)17-3-1-2-8-23-17/h1-8,10,12-13,16,18,22,30-31H,9,11H2,(H,24,25,28)/b27-10+/t16-,18-,22+/m0/s1. The van der Waals surface area contributed by atoms with E-state index in [1.165, 1.54) is 12.7 Å². The molecule has 5 rings (SSSR count). The fourth-order valence-electron chi connectivity index (χ4n) is 3.66. The number of fused-ring (bicyclic) bond motifs is 1. The molecule has 162 valence electrons. The van der Waals surface area contributed by atoms with Crippen LogP contribution < -0.4 is 5.43 Å². The second kappa shape index (κ2) is 8.79. The van der Waals surface area contributed by atoms with E-state index in [4.69, 9.17) is 4.74 Å². The number of aromatic nitrogens is 5. The molecule has 1 aromatic carbocycles. The van der Waals surface area contributed by atoms with Crippen molar-refractivity contribution in [3.63, 3.8) is 0 Å². The summed E-state index contributed by atoms with van der Waals surface area (Å²) in [6, 6.07) is 13.7. The molecule has 0 unspecified atom stereocenters. The average Bonchev–Trinajstić information content (AvgIpc) is 3.43. The first-order valence-electron chi connectivity index (χ1n) is 10.2. The Labute approximate surface area is 183 Å². The molecule has 3 aromatic heterocycles. The van der Waals surface area contributed by atoms with E-state index in [0.29, 0.717) is 23.4 Å². The molecule has 10 nitrogen and oxygen atoms in total. The Morgan fingerprint density at radius 3 is 2.75 bits per heavy atom. The van der Waals surface area contributed by atoms with Gasteiger partial charge in [-0.2, -0.15) is 5.10 Å². The number of rotatable bonds is 6. The quantitative estimate of drug-likeness (QED) is 0.312. The molecule has 32 heavy (non-hydrogen) atoms. The number of hydrogen-bond acceptors (Lipinski definition) is 9. The third-order valence-corrected chi connectivity index (χ3v) is 5.26. The Morgan fingerprint density at radius 1 is 1.12 bits per heavy atom. The highest BCUT2D eigenvalue weighted by atomic mass is 16.5. The zero-order chi connectivity index (χ0) is 21.9. The molecule has 1 aliphatic rings. The van der Waals surface area contributed by atoms with Crippen LogP contribution in [-0.4, -0.2) is 59.7 Å². The van der Waals surface area contributed by atoms with Crippen LogP contribution in [-0.2, 0) is 4.74 Å². The van der Waals surface area contributed by atoms with Crippen LogP contribution in [0.4, 0.5) is 5.82 Å². The number of nitrogens with zero attached hydrogens (tertiary/aromatic N) is 6. The molecule has 0 saturated carbocycles. The maximum absolute atomic E-state index is 10.3. The minimum absolute atomic E-state index is 0.153. The normalized spacial score (nSPS) is 20.9. The van der Waals surface area contributed by atoms with Gasteiger partial charge in [0.25, 0.3) is 0 Å². The SMILES string of the molecule is OC[C@@H]1C[C@H](O)[C@H](n2cnc3c(N/N=C/c4ccc(-c5ccccn5)cc4)ncnc32)O1. The highest BCUT2D eigenvalue weighted by Gasteiger charge is 2.35. The molecule has 0 radical (unpaired) electrons. The van der Waals surface area contributed by atoms with Crippen LogP contribution >= 0.6 is 0 Å². The monoisotopic (exact) mass is 431 g/mol. The number of nitrogens with one attached hydrogen (secondary N) is 1. The maximum atomic E-state index is 10.3. The number of anilines is 1. The van der Waals surface area contributed by atoms with Gasteiger partial charge in [-0.05, 0) is 17.7 Å². The minimum Gasteiger partial charge on any atom is -0.394 e. The van der Waals surface area contributed by atoms with Crippen LogP contribution in [0.5, 0.6) is 0 Å². The Balaban J connectivity index is 1.32. The van der Waals surface area contributed by atoms with Gasteiger partial charge in [-0.15, -0.1) is 0 Å². The Kier molecular flexibility index (Phi) is 5.55. The lowest BCUT2D eigenvalue weighted by Gasteiger charge is -2.16. The number of hydrogen-bond donors (Lipinski definition) is 3. The molecule has 1 aliphatic heterocycles. The van der Waals surface area contributed by atoms with Crippen molar-refractivity contribution in [3.8, 4) is 11.3 Å². The summed E-state index contributed by atoms with van der Waals surface area (Å²) < 4.78 is 7.35. The van der Waals surface area contributed by atoms with Crippen LogP contribution in [0.2, 0.25) is 0 Å². The summed E-state index contributed by atoms with van der Waals surface area (Å²) in [6.07, 6.45) is 4.89. The molecule has 0 amide bonds. The first kappa shape index (κ1) is 20.2. The summed E-state index contributed by atoms with van der Waals surface area (Å²) in [6.45, 7) is -0.153. The number of benzene rings is 1. The van der Waals surface area contributed by atoms with Crippen molar-refractivity contribution in [2.75, 3.05) is 12.0 Å². The maximum Gasteiger partial charge on any atom is 0.177 e. The van der Waals surface area contributed by atoms with Crippen LogP contribution in [0.25, 0.3) is 22.4 Å². The molecule has 0 bridgehead atoms. The molecule has 1 saturated heterocycles. The van der Waals surface area contributed by atoms with Crippen LogP contribution in [0, 0.1) is 0 Å². The highest BCUT2D eigenvalue weighted by molar-refractivity contribution is 5.85. The van der Waals surface area contributed by atoms with E-state index < -0.39 is 18.4 Å². The van der Waals surface area contributed by atoms with Gasteiger partial charge in [0, 0.05) is 18.2 Å². The zero-order valence-corrected chi connectivity index (χ0v) is 17.0. The van der Waals surface area contributed by atoms with E-state index in [2.05, 4.69) is 30.5 Å². The number of imidazole rings is 1. The van der Waals surface area contributed by atoms with Gasteiger partial charge >= 0.3 is 0 Å². The second-order valence-corrected chi connectivity index (χ2v) is 7.39. The van der Waals surface area contributed by atoms with Gasteiger partial charge in [-0.1, -0.05) is 30.3 Å². The lowest BCUT2D eigenvalue weighted by atomic mass is 10.1. The topological polar surface area (TPSA) is 131 Å². The van der Waals surface area contributed by atoms with E-state index in [1.807, 2.05) is 42.5 Å². The van der Waals surface area contributed by atoms with Gasteiger partial charge in [0.1, 0.15) is 12.4 Å². The largest absolute Gasteiger partial charge is 0.394 e. The summed E-state index contributed by atoms with van der Waals surface area (Å²) in [5.74, 6) is 0.432. The van der Waals surface area contributed by atoms with Crippen molar-refractivity contribution < 1.29 is 14.9 Å². The van der Waals surface area contributed by atoms with Gasteiger partial charge in [-0.3, -0.25) is 15.0 Å². The number of aliphatic hydroxyl groups is 2. The van der Waals surface area contributed by atoms with E-state index in [9.17, 15) is 10.2 Å². The molecule has 3 N–H and O–H groups in total. The van der Waals surface area contributed by atoms with Crippen LogP contribution in [0.3, 0.4) is 0 Å². The summed E-state index contributed by atoms with van der Waals surface area (Å²) >= 11 is 0. The van der Waals surface area contributed by atoms with E-state index in [-0.39, 0.29) is 6.61 Å². The fourth-order valence-corrected chi connectivity index (χ4v) is 3.66.